The van der Waals surface area contributed by atoms with Crippen molar-refractivity contribution in [3.63, 3.8) is 0 Å². The molecule has 2 aliphatic carbocycles. The van der Waals surface area contributed by atoms with Gasteiger partial charge in [0.05, 0.1) is 11.7 Å². The van der Waals surface area contributed by atoms with Crippen LogP contribution in [0.4, 0.5) is 0 Å². The van der Waals surface area contributed by atoms with Gasteiger partial charge in [0.15, 0.2) is 0 Å². The highest BCUT2D eigenvalue weighted by Gasteiger charge is 2.62. The first-order chi connectivity index (χ1) is 8.47. The SMILES string of the molecule is CC12C(O)CCCC1(O)CCC2C1=CC(=O)OC1. The summed E-state index contributed by atoms with van der Waals surface area (Å²) in [6, 6.07) is 0. The van der Waals surface area contributed by atoms with E-state index in [1.807, 2.05) is 6.92 Å². The van der Waals surface area contributed by atoms with Gasteiger partial charge in [-0.25, -0.2) is 4.79 Å². The number of esters is 1. The standard InChI is InChI=1S/C14H20O4/c1-13-10(9-7-12(16)18-8-9)4-6-14(13,17)5-2-3-11(13)15/h7,10-11,15,17H,2-6,8H2,1H3. The van der Waals surface area contributed by atoms with Crippen molar-refractivity contribution in [2.75, 3.05) is 6.61 Å². The Labute approximate surface area is 107 Å². The fraction of sp³-hybridized carbons (Fsp3) is 0.786. The topological polar surface area (TPSA) is 66.8 Å². The maximum absolute atomic E-state index is 11.2. The number of aliphatic hydroxyl groups is 2. The average molecular weight is 252 g/mol. The van der Waals surface area contributed by atoms with Crippen molar-refractivity contribution in [1.82, 2.24) is 0 Å². The van der Waals surface area contributed by atoms with Gasteiger partial charge in [-0.1, -0.05) is 6.92 Å². The third-order valence-corrected chi connectivity index (χ3v) is 5.47. The minimum Gasteiger partial charge on any atom is -0.458 e. The van der Waals surface area contributed by atoms with Gasteiger partial charge in [0.25, 0.3) is 0 Å². The van der Waals surface area contributed by atoms with E-state index in [-0.39, 0.29) is 11.9 Å². The summed E-state index contributed by atoms with van der Waals surface area (Å²) < 4.78 is 4.98. The molecule has 2 N–H and O–H groups in total. The van der Waals surface area contributed by atoms with Crippen LogP contribution >= 0.6 is 0 Å². The van der Waals surface area contributed by atoms with Gasteiger partial charge < -0.3 is 14.9 Å². The van der Waals surface area contributed by atoms with E-state index in [0.717, 1.165) is 31.3 Å². The molecule has 0 radical (unpaired) electrons. The van der Waals surface area contributed by atoms with Gasteiger partial charge in [-0.3, -0.25) is 0 Å². The zero-order valence-electron chi connectivity index (χ0n) is 10.7. The van der Waals surface area contributed by atoms with Gasteiger partial charge in [0.2, 0.25) is 0 Å². The fourth-order valence-electron chi connectivity index (χ4n) is 4.26. The quantitative estimate of drug-likeness (QED) is 0.687. The Hall–Kier alpha value is -0.870. The molecule has 100 valence electrons. The molecule has 0 saturated heterocycles. The van der Waals surface area contributed by atoms with E-state index in [2.05, 4.69) is 0 Å². The maximum Gasteiger partial charge on any atom is 0.331 e. The molecule has 3 aliphatic rings. The van der Waals surface area contributed by atoms with Crippen molar-refractivity contribution < 1.29 is 19.7 Å². The number of rotatable bonds is 1. The first kappa shape index (κ1) is 12.2. The van der Waals surface area contributed by atoms with Crippen LogP contribution < -0.4 is 0 Å². The van der Waals surface area contributed by atoms with Gasteiger partial charge >= 0.3 is 5.97 Å². The van der Waals surface area contributed by atoms with Gasteiger partial charge in [-0.15, -0.1) is 0 Å². The van der Waals surface area contributed by atoms with E-state index in [9.17, 15) is 15.0 Å². The van der Waals surface area contributed by atoms with Gasteiger partial charge in [0.1, 0.15) is 6.61 Å². The highest BCUT2D eigenvalue weighted by molar-refractivity contribution is 5.85. The van der Waals surface area contributed by atoms with Crippen molar-refractivity contribution in [1.29, 1.82) is 0 Å². The Bertz CT molecular complexity index is 416. The van der Waals surface area contributed by atoms with Crippen LogP contribution in [0.3, 0.4) is 0 Å². The van der Waals surface area contributed by atoms with Crippen LogP contribution in [0.5, 0.6) is 0 Å². The smallest absolute Gasteiger partial charge is 0.331 e. The minimum atomic E-state index is -0.790. The first-order valence-electron chi connectivity index (χ1n) is 6.75. The Balaban J connectivity index is 1.97. The van der Waals surface area contributed by atoms with Crippen molar-refractivity contribution in [3.05, 3.63) is 11.6 Å². The maximum atomic E-state index is 11.2. The third kappa shape index (κ3) is 1.42. The second-order valence-electron chi connectivity index (χ2n) is 6.14. The molecule has 0 spiro atoms. The number of carbonyl (C=O) groups is 1. The molecule has 0 aromatic carbocycles. The molecule has 0 aromatic heterocycles. The molecule has 1 aliphatic heterocycles. The zero-order chi connectivity index (χ0) is 13.0. The zero-order valence-corrected chi connectivity index (χ0v) is 10.7. The summed E-state index contributed by atoms with van der Waals surface area (Å²) >= 11 is 0. The van der Waals surface area contributed by atoms with Crippen LogP contribution in [0.25, 0.3) is 0 Å². The Morgan fingerprint density at radius 2 is 2.17 bits per heavy atom. The van der Waals surface area contributed by atoms with Gasteiger partial charge in [0, 0.05) is 11.5 Å². The molecule has 2 saturated carbocycles. The van der Waals surface area contributed by atoms with E-state index in [1.165, 1.54) is 0 Å². The molecule has 0 aromatic rings. The van der Waals surface area contributed by atoms with Gasteiger partial charge in [-0.05, 0) is 43.6 Å². The molecule has 1 heterocycles. The summed E-state index contributed by atoms with van der Waals surface area (Å²) in [5.74, 6) is -0.237. The number of fused-ring (bicyclic) bond motifs is 1. The highest BCUT2D eigenvalue weighted by atomic mass is 16.5. The summed E-state index contributed by atoms with van der Waals surface area (Å²) in [7, 11) is 0. The molecular weight excluding hydrogens is 232 g/mol. The van der Waals surface area contributed by atoms with E-state index in [0.29, 0.717) is 13.0 Å². The second-order valence-corrected chi connectivity index (χ2v) is 6.14. The summed E-state index contributed by atoms with van der Waals surface area (Å²) in [6.45, 7) is 2.29. The summed E-state index contributed by atoms with van der Waals surface area (Å²) in [5, 5.41) is 21.2. The average Bonchev–Trinajstić information content (AvgIpc) is 2.83. The molecule has 4 unspecified atom stereocenters. The van der Waals surface area contributed by atoms with E-state index < -0.39 is 17.1 Å². The third-order valence-electron chi connectivity index (χ3n) is 5.47. The second kappa shape index (κ2) is 3.81. The number of hydrogen-bond acceptors (Lipinski definition) is 4. The largest absolute Gasteiger partial charge is 0.458 e. The lowest BCUT2D eigenvalue weighted by molar-refractivity contribution is -0.156. The lowest BCUT2D eigenvalue weighted by Crippen LogP contribution is -2.55. The molecule has 0 bridgehead atoms. The number of aliphatic hydroxyl groups excluding tert-OH is 1. The molecule has 4 heteroatoms. The molecule has 18 heavy (non-hydrogen) atoms. The Kier molecular flexibility index (Phi) is 2.58. The molecule has 2 fully saturated rings. The van der Waals surface area contributed by atoms with Crippen molar-refractivity contribution in [2.24, 2.45) is 11.3 Å². The Morgan fingerprint density at radius 3 is 2.83 bits per heavy atom. The fourth-order valence-corrected chi connectivity index (χ4v) is 4.26. The predicted molar refractivity (Wildman–Crippen MR) is 64.7 cm³/mol. The summed E-state index contributed by atoms with van der Waals surface area (Å²) in [6.07, 6.45) is 4.93. The summed E-state index contributed by atoms with van der Waals surface area (Å²) in [4.78, 5) is 11.2. The molecule has 3 rings (SSSR count). The van der Waals surface area contributed by atoms with Crippen LogP contribution in [-0.2, 0) is 9.53 Å². The highest BCUT2D eigenvalue weighted by Crippen LogP contribution is 2.60. The minimum absolute atomic E-state index is 0.0595. The van der Waals surface area contributed by atoms with Crippen molar-refractivity contribution in [2.45, 2.75) is 50.7 Å². The Morgan fingerprint density at radius 1 is 1.39 bits per heavy atom. The summed E-state index contributed by atoms with van der Waals surface area (Å²) in [5.41, 5.74) is -0.383. The number of ether oxygens (including phenoxy) is 1. The first-order valence-corrected chi connectivity index (χ1v) is 6.75. The van der Waals surface area contributed by atoms with Crippen molar-refractivity contribution in [3.8, 4) is 0 Å². The monoisotopic (exact) mass is 252 g/mol. The molecular formula is C14H20O4. The van der Waals surface area contributed by atoms with Gasteiger partial charge in [-0.2, -0.15) is 0 Å². The van der Waals surface area contributed by atoms with Crippen LogP contribution in [0, 0.1) is 11.3 Å². The lowest BCUT2D eigenvalue weighted by atomic mass is 9.59. The van der Waals surface area contributed by atoms with E-state index in [1.54, 1.807) is 6.08 Å². The van der Waals surface area contributed by atoms with Crippen LogP contribution in [0.2, 0.25) is 0 Å². The number of hydrogen-bond donors (Lipinski definition) is 2. The van der Waals surface area contributed by atoms with Crippen LogP contribution in [-0.4, -0.2) is 34.5 Å². The van der Waals surface area contributed by atoms with E-state index >= 15 is 0 Å². The van der Waals surface area contributed by atoms with Crippen LogP contribution in [0.15, 0.2) is 11.6 Å². The van der Waals surface area contributed by atoms with Crippen LogP contribution in [0.1, 0.15) is 39.0 Å². The van der Waals surface area contributed by atoms with E-state index in [4.69, 9.17) is 4.74 Å². The normalized spacial score (nSPS) is 47.7. The molecule has 4 atom stereocenters. The lowest BCUT2D eigenvalue weighted by Gasteiger charge is -2.50. The number of carbonyl (C=O) groups excluding carboxylic acids is 1. The molecule has 4 nitrogen and oxygen atoms in total. The predicted octanol–water partition coefficient (Wildman–Crippen LogP) is 1.16. The molecule has 0 amide bonds. The van der Waals surface area contributed by atoms with Crippen molar-refractivity contribution >= 4 is 5.97 Å². The number of cyclic esters (lactones) is 1.